The van der Waals surface area contributed by atoms with Crippen LogP contribution < -0.4 is 11.1 Å². The number of amides is 1. The van der Waals surface area contributed by atoms with E-state index in [4.69, 9.17) is 5.73 Å². The van der Waals surface area contributed by atoms with E-state index in [1.54, 1.807) is 22.2 Å². The fourth-order valence-electron chi connectivity index (χ4n) is 1.60. The van der Waals surface area contributed by atoms with Crippen molar-refractivity contribution < 1.29 is 4.79 Å². The fraction of sp³-hybridized carbons (Fsp3) is 0.286. The van der Waals surface area contributed by atoms with Gasteiger partial charge in [0.15, 0.2) is 0 Å². The highest BCUT2D eigenvalue weighted by molar-refractivity contribution is 7.12. The van der Waals surface area contributed by atoms with Crippen molar-refractivity contribution >= 4 is 17.2 Å². The molecular formula is C14H16N4OS. The van der Waals surface area contributed by atoms with E-state index >= 15 is 0 Å². The van der Waals surface area contributed by atoms with Gasteiger partial charge < -0.3 is 11.1 Å². The summed E-state index contributed by atoms with van der Waals surface area (Å²) in [4.78, 5) is 13.7. The van der Waals surface area contributed by atoms with Crippen molar-refractivity contribution in [2.75, 3.05) is 6.54 Å². The van der Waals surface area contributed by atoms with Gasteiger partial charge in [-0.3, -0.25) is 9.48 Å². The molecule has 5 nitrogen and oxygen atoms in total. The van der Waals surface area contributed by atoms with E-state index in [0.29, 0.717) is 26.1 Å². The van der Waals surface area contributed by atoms with Crippen molar-refractivity contribution in [2.45, 2.75) is 19.5 Å². The summed E-state index contributed by atoms with van der Waals surface area (Å²) in [6.45, 7) is 1.49. The highest BCUT2D eigenvalue weighted by atomic mass is 32.1. The van der Waals surface area contributed by atoms with Gasteiger partial charge in [0.05, 0.1) is 18.0 Å². The number of aryl methyl sites for hydroxylation is 1. The lowest BCUT2D eigenvalue weighted by Crippen LogP contribution is -2.23. The number of thiophene rings is 1. The molecule has 0 aliphatic carbocycles. The molecular weight excluding hydrogens is 272 g/mol. The Morgan fingerprint density at radius 2 is 2.40 bits per heavy atom. The van der Waals surface area contributed by atoms with Gasteiger partial charge in [0.25, 0.3) is 0 Å². The Kier molecular flexibility index (Phi) is 5.35. The number of carbonyl (C=O) groups is 1. The Labute approximate surface area is 121 Å². The Balaban J connectivity index is 1.74. The summed E-state index contributed by atoms with van der Waals surface area (Å²) in [5.41, 5.74) is 5.32. The number of carbonyl (C=O) groups excluding carboxylic acids is 1. The first-order valence-corrected chi connectivity index (χ1v) is 7.11. The van der Waals surface area contributed by atoms with Crippen LogP contribution in [0.3, 0.4) is 0 Å². The normalized spacial score (nSPS) is 9.85. The molecule has 1 amide bonds. The van der Waals surface area contributed by atoms with Crippen molar-refractivity contribution in [1.82, 2.24) is 15.1 Å². The summed E-state index contributed by atoms with van der Waals surface area (Å²) in [6.07, 6.45) is 3.97. The first kappa shape index (κ1) is 14.3. The average Bonchev–Trinajstić information content (AvgIpc) is 3.12. The number of hydrogen-bond donors (Lipinski definition) is 2. The van der Waals surface area contributed by atoms with Gasteiger partial charge in [-0.1, -0.05) is 11.8 Å². The maximum absolute atomic E-state index is 11.7. The van der Waals surface area contributed by atoms with E-state index in [-0.39, 0.29) is 5.91 Å². The van der Waals surface area contributed by atoms with Crippen LogP contribution >= 0.6 is 11.3 Å². The lowest BCUT2D eigenvalue weighted by molar-refractivity contribution is -0.121. The molecule has 0 aromatic carbocycles. The second-order valence-corrected chi connectivity index (χ2v) is 5.24. The molecule has 0 saturated heterocycles. The summed E-state index contributed by atoms with van der Waals surface area (Å²) < 4.78 is 1.74. The average molecular weight is 288 g/mol. The van der Waals surface area contributed by atoms with Gasteiger partial charge in [-0.25, -0.2) is 0 Å². The van der Waals surface area contributed by atoms with Crippen LogP contribution in [0.1, 0.15) is 16.2 Å². The lowest BCUT2D eigenvalue weighted by atomic mass is 10.3. The van der Waals surface area contributed by atoms with Crippen LogP contribution in [0.15, 0.2) is 30.6 Å². The standard InChI is InChI=1S/C14H16N4OS/c15-7-1-3-12-4-5-13(20-12)11-16-14(19)6-10-18-9-2-8-17-18/h2,4-5,8-9H,6-7,10-11,15H2,(H,16,19). The molecule has 0 aliphatic rings. The van der Waals surface area contributed by atoms with E-state index in [9.17, 15) is 4.79 Å². The van der Waals surface area contributed by atoms with Crippen LogP contribution in [0, 0.1) is 11.8 Å². The molecule has 0 spiro atoms. The van der Waals surface area contributed by atoms with Crippen molar-refractivity contribution in [1.29, 1.82) is 0 Å². The second-order valence-electron chi connectivity index (χ2n) is 4.07. The largest absolute Gasteiger partial charge is 0.351 e. The molecule has 2 rings (SSSR count). The summed E-state index contributed by atoms with van der Waals surface area (Å²) in [5, 5.41) is 6.94. The van der Waals surface area contributed by atoms with Crippen LogP contribution in [-0.2, 0) is 17.9 Å². The minimum Gasteiger partial charge on any atom is -0.351 e. The Morgan fingerprint density at radius 1 is 1.50 bits per heavy atom. The number of rotatable bonds is 5. The highest BCUT2D eigenvalue weighted by Gasteiger charge is 2.03. The molecule has 0 fully saturated rings. The summed E-state index contributed by atoms with van der Waals surface area (Å²) >= 11 is 1.57. The zero-order valence-electron chi connectivity index (χ0n) is 11.0. The SMILES string of the molecule is NCC#Cc1ccc(CNC(=O)CCn2cccn2)s1. The number of nitrogens with two attached hydrogens (primary N) is 1. The van der Waals surface area contributed by atoms with Gasteiger partial charge in [0, 0.05) is 30.2 Å². The van der Waals surface area contributed by atoms with Crippen LogP contribution in [0.5, 0.6) is 0 Å². The molecule has 2 aromatic rings. The highest BCUT2D eigenvalue weighted by Crippen LogP contribution is 2.14. The smallest absolute Gasteiger partial charge is 0.222 e. The number of nitrogens with zero attached hydrogens (tertiary/aromatic N) is 2. The van der Waals surface area contributed by atoms with Crippen molar-refractivity contribution in [3.05, 3.63) is 40.3 Å². The fourth-order valence-corrected chi connectivity index (χ4v) is 2.42. The third-order valence-electron chi connectivity index (χ3n) is 2.56. The molecule has 20 heavy (non-hydrogen) atoms. The molecule has 3 N–H and O–H groups in total. The van der Waals surface area contributed by atoms with E-state index in [1.807, 2.05) is 24.4 Å². The molecule has 6 heteroatoms. The molecule has 0 atom stereocenters. The van der Waals surface area contributed by atoms with Crippen molar-refractivity contribution in [2.24, 2.45) is 5.73 Å². The number of aromatic nitrogens is 2. The Hall–Kier alpha value is -2.10. The molecule has 2 heterocycles. The van der Waals surface area contributed by atoms with E-state index < -0.39 is 0 Å². The third-order valence-corrected chi connectivity index (χ3v) is 3.56. The van der Waals surface area contributed by atoms with Gasteiger partial charge in [-0.15, -0.1) is 11.3 Å². The maximum Gasteiger partial charge on any atom is 0.222 e. The first-order valence-electron chi connectivity index (χ1n) is 6.29. The Bertz CT molecular complexity index is 607. The van der Waals surface area contributed by atoms with E-state index in [2.05, 4.69) is 22.3 Å². The van der Waals surface area contributed by atoms with Gasteiger partial charge in [0.1, 0.15) is 0 Å². The van der Waals surface area contributed by atoms with Crippen LogP contribution in [-0.4, -0.2) is 22.2 Å². The van der Waals surface area contributed by atoms with Gasteiger partial charge in [0.2, 0.25) is 5.91 Å². The third kappa shape index (κ3) is 4.53. The molecule has 104 valence electrons. The Morgan fingerprint density at radius 3 is 3.15 bits per heavy atom. The van der Waals surface area contributed by atoms with Gasteiger partial charge in [-0.2, -0.15) is 5.10 Å². The second kappa shape index (κ2) is 7.48. The van der Waals surface area contributed by atoms with Crippen LogP contribution in [0.25, 0.3) is 0 Å². The molecule has 0 bridgehead atoms. The topological polar surface area (TPSA) is 72.9 Å². The van der Waals surface area contributed by atoms with E-state index in [0.717, 1.165) is 9.75 Å². The molecule has 2 aromatic heterocycles. The maximum atomic E-state index is 11.7. The van der Waals surface area contributed by atoms with E-state index in [1.165, 1.54) is 0 Å². The summed E-state index contributed by atoms with van der Waals surface area (Å²) in [7, 11) is 0. The minimum absolute atomic E-state index is 0.0171. The lowest BCUT2D eigenvalue weighted by Gasteiger charge is -2.03. The summed E-state index contributed by atoms with van der Waals surface area (Å²) in [5.74, 6) is 5.80. The minimum atomic E-state index is 0.0171. The predicted molar refractivity (Wildman–Crippen MR) is 78.9 cm³/mol. The van der Waals surface area contributed by atoms with Crippen molar-refractivity contribution in [3.63, 3.8) is 0 Å². The molecule has 0 saturated carbocycles. The van der Waals surface area contributed by atoms with Crippen LogP contribution in [0.4, 0.5) is 0 Å². The van der Waals surface area contributed by atoms with Crippen LogP contribution in [0.2, 0.25) is 0 Å². The summed E-state index contributed by atoms with van der Waals surface area (Å²) in [6, 6.07) is 5.75. The number of nitrogens with one attached hydrogen (secondary N) is 1. The molecule has 0 radical (unpaired) electrons. The zero-order valence-corrected chi connectivity index (χ0v) is 11.8. The molecule has 0 unspecified atom stereocenters. The van der Waals surface area contributed by atoms with Gasteiger partial charge >= 0.3 is 0 Å². The van der Waals surface area contributed by atoms with Gasteiger partial charge in [-0.05, 0) is 18.2 Å². The predicted octanol–water partition coefficient (Wildman–Crippen LogP) is 0.961. The van der Waals surface area contributed by atoms with Crippen molar-refractivity contribution in [3.8, 4) is 11.8 Å². The number of hydrogen-bond acceptors (Lipinski definition) is 4. The zero-order chi connectivity index (χ0) is 14.2. The monoisotopic (exact) mass is 288 g/mol. The molecule has 0 aliphatic heterocycles. The first-order chi connectivity index (χ1) is 9.78. The quantitative estimate of drug-likeness (QED) is 0.805.